The summed E-state index contributed by atoms with van der Waals surface area (Å²) in [5.74, 6) is -1.85. The fraction of sp³-hybridized carbons (Fsp3) is 0.167. The molecule has 0 amide bonds. The molecule has 2 rings (SSSR count). The van der Waals surface area contributed by atoms with E-state index in [0.29, 0.717) is 6.54 Å². The van der Waals surface area contributed by atoms with Gasteiger partial charge in [0.1, 0.15) is 0 Å². The highest BCUT2D eigenvalue weighted by Crippen LogP contribution is 2.28. The number of nitrogens with zero attached hydrogens (tertiary/aromatic N) is 1. The Morgan fingerprint density at radius 3 is 2.00 bits per heavy atom. The minimum absolute atomic E-state index is 0.240. The smallest absolute Gasteiger partial charge is 0.348 e. The van der Waals surface area contributed by atoms with E-state index in [2.05, 4.69) is 0 Å². The van der Waals surface area contributed by atoms with Gasteiger partial charge in [-0.15, -0.1) is 0 Å². The van der Waals surface area contributed by atoms with Crippen LogP contribution in [-0.4, -0.2) is 18.5 Å². The van der Waals surface area contributed by atoms with Crippen molar-refractivity contribution in [3.8, 4) is 0 Å². The van der Waals surface area contributed by atoms with Crippen molar-refractivity contribution in [3.05, 3.63) is 72.4 Å². The van der Waals surface area contributed by atoms with Gasteiger partial charge in [0.2, 0.25) is 0 Å². The predicted molar refractivity (Wildman–Crippen MR) is 84.9 cm³/mol. The summed E-state index contributed by atoms with van der Waals surface area (Å²) in [6.07, 6.45) is -3.65. The number of ketones is 1. The van der Waals surface area contributed by atoms with Crippen LogP contribution in [0.25, 0.3) is 5.57 Å². The van der Waals surface area contributed by atoms with Gasteiger partial charge in [-0.3, -0.25) is 4.79 Å². The van der Waals surface area contributed by atoms with E-state index < -0.39 is 12.0 Å². The van der Waals surface area contributed by atoms with Gasteiger partial charge in [-0.25, -0.2) is 0 Å². The zero-order valence-electron chi connectivity index (χ0n) is 12.5. The number of rotatable bonds is 5. The number of anilines is 1. The summed E-state index contributed by atoms with van der Waals surface area (Å²) < 4.78 is 38.8. The summed E-state index contributed by atoms with van der Waals surface area (Å²) in [7, 11) is 0. The largest absolute Gasteiger partial charge is 0.454 e. The summed E-state index contributed by atoms with van der Waals surface area (Å²) in [5.41, 5.74) is 0.589. The van der Waals surface area contributed by atoms with Crippen LogP contribution in [0.2, 0.25) is 0 Å². The van der Waals surface area contributed by atoms with Gasteiger partial charge >= 0.3 is 6.18 Å². The van der Waals surface area contributed by atoms with E-state index in [4.69, 9.17) is 0 Å². The number of alkyl halides is 3. The Hall–Kier alpha value is -2.56. The lowest BCUT2D eigenvalue weighted by molar-refractivity contribution is -0.164. The molecule has 0 radical (unpaired) electrons. The molecule has 2 aromatic carbocycles. The van der Waals surface area contributed by atoms with Gasteiger partial charge in [-0.05, 0) is 24.6 Å². The molecular formula is C18H16F3NO. The van der Waals surface area contributed by atoms with E-state index in [1.165, 1.54) is 18.3 Å². The van der Waals surface area contributed by atoms with Crippen molar-refractivity contribution in [2.45, 2.75) is 13.1 Å². The van der Waals surface area contributed by atoms with Gasteiger partial charge in [-0.2, -0.15) is 13.2 Å². The molecule has 0 aliphatic heterocycles. The molecule has 120 valence electrons. The molecular weight excluding hydrogens is 303 g/mol. The van der Waals surface area contributed by atoms with Gasteiger partial charge in [0, 0.05) is 18.4 Å². The van der Waals surface area contributed by atoms with Crippen LogP contribution in [0.1, 0.15) is 12.5 Å². The maximum atomic E-state index is 12.9. The molecule has 0 aromatic heterocycles. The summed E-state index contributed by atoms with van der Waals surface area (Å²) in [4.78, 5) is 13.4. The van der Waals surface area contributed by atoms with Crippen molar-refractivity contribution >= 4 is 17.0 Å². The number of para-hydroxylation sites is 1. The molecule has 0 spiro atoms. The van der Waals surface area contributed by atoms with Crippen LogP contribution in [0, 0.1) is 0 Å². The Morgan fingerprint density at radius 2 is 1.52 bits per heavy atom. The molecule has 0 saturated carbocycles. The number of benzene rings is 2. The molecule has 0 fully saturated rings. The monoisotopic (exact) mass is 319 g/mol. The van der Waals surface area contributed by atoms with Gasteiger partial charge in [0.15, 0.2) is 0 Å². The lowest BCUT2D eigenvalue weighted by Gasteiger charge is -2.21. The molecule has 0 bridgehead atoms. The van der Waals surface area contributed by atoms with Gasteiger partial charge < -0.3 is 4.90 Å². The maximum absolute atomic E-state index is 12.9. The van der Waals surface area contributed by atoms with E-state index in [0.717, 1.165) is 5.69 Å². The third-order valence-electron chi connectivity index (χ3n) is 3.30. The second kappa shape index (κ2) is 7.13. The second-order valence-corrected chi connectivity index (χ2v) is 4.86. The average molecular weight is 319 g/mol. The molecule has 0 heterocycles. The highest BCUT2D eigenvalue weighted by atomic mass is 19.4. The zero-order chi connectivity index (χ0) is 16.9. The predicted octanol–water partition coefficient (Wildman–Crippen LogP) is 4.69. The third kappa shape index (κ3) is 4.22. The van der Waals surface area contributed by atoms with Crippen LogP contribution in [0.4, 0.5) is 18.9 Å². The number of hydrogen-bond acceptors (Lipinski definition) is 2. The highest BCUT2D eigenvalue weighted by Gasteiger charge is 2.41. The van der Waals surface area contributed by atoms with Crippen LogP contribution in [0.15, 0.2) is 66.9 Å². The summed E-state index contributed by atoms with van der Waals surface area (Å²) in [5, 5.41) is 0. The lowest BCUT2D eigenvalue weighted by atomic mass is 10.0. The Labute approximate surface area is 132 Å². The van der Waals surface area contributed by atoms with E-state index in [9.17, 15) is 18.0 Å². The zero-order valence-corrected chi connectivity index (χ0v) is 12.5. The molecule has 0 aliphatic carbocycles. The lowest BCUT2D eigenvalue weighted by Crippen LogP contribution is -2.26. The molecule has 23 heavy (non-hydrogen) atoms. The first-order valence-electron chi connectivity index (χ1n) is 7.14. The second-order valence-electron chi connectivity index (χ2n) is 4.86. The molecule has 0 aliphatic rings. The average Bonchev–Trinajstić information content (AvgIpc) is 2.56. The maximum Gasteiger partial charge on any atom is 0.454 e. The summed E-state index contributed by atoms with van der Waals surface area (Å²) in [6.45, 7) is 2.25. The molecule has 5 heteroatoms. The number of hydrogen-bond donors (Lipinski definition) is 0. The van der Waals surface area contributed by atoms with E-state index in [1.807, 2.05) is 13.0 Å². The number of carbonyl (C=O) groups is 1. The number of allylic oxidation sites excluding steroid dienone is 1. The van der Waals surface area contributed by atoms with Crippen LogP contribution in [-0.2, 0) is 4.79 Å². The first kappa shape index (κ1) is 16.8. The Kier molecular flexibility index (Phi) is 5.21. The van der Waals surface area contributed by atoms with Crippen molar-refractivity contribution in [1.82, 2.24) is 0 Å². The van der Waals surface area contributed by atoms with Crippen molar-refractivity contribution in [2.75, 3.05) is 11.4 Å². The SMILES string of the molecule is CCN(/C=C(\C(=O)C(F)(F)F)c1ccccc1)c1ccccc1. The summed E-state index contributed by atoms with van der Waals surface area (Å²) >= 11 is 0. The fourth-order valence-electron chi connectivity index (χ4n) is 2.16. The number of halogens is 3. The molecule has 2 nitrogen and oxygen atoms in total. The fourth-order valence-corrected chi connectivity index (χ4v) is 2.16. The number of Topliss-reactive ketones (excluding diaryl/α,β-unsaturated/α-hetero) is 1. The van der Waals surface area contributed by atoms with Crippen molar-refractivity contribution in [1.29, 1.82) is 0 Å². The van der Waals surface area contributed by atoms with E-state index in [1.54, 1.807) is 47.4 Å². The van der Waals surface area contributed by atoms with Crippen molar-refractivity contribution in [2.24, 2.45) is 0 Å². The number of carbonyl (C=O) groups excluding carboxylic acids is 1. The first-order chi connectivity index (χ1) is 10.9. The first-order valence-corrected chi connectivity index (χ1v) is 7.14. The molecule has 0 saturated heterocycles. The van der Waals surface area contributed by atoms with Crippen LogP contribution in [0.3, 0.4) is 0 Å². The Bertz CT molecular complexity index is 678. The molecule has 2 aromatic rings. The van der Waals surface area contributed by atoms with Crippen LogP contribution in [0.5, 0.6) is 0 Å². The molecule has 0 unspecified atom stereocenters. The standard InChI is InChI=1S/C18H16F3NO/c1-2-22(15-11-7-4-8-12-15)13-16(17(23)18(19,20)21)14-9-5-3-6-10-14/h3-13H,2H2,1H3/b16-13-. The Balaban J connectivity index is 2.50. The minimum atomic E-state index is -4.92. The molecule has 0 N–H and O–H groups in total. The summed E-state index contributed by atoms with van der Waals surface area (Å²) in [6, 6.07) is 16.8. The topological polar surface area (TPSA) is 20.3 Å². The van der Waals surface area contributed by atoms with Crippen molar-refractivity contribution in [3.63, 3.8) is 0 Å². The van der Waals surface area contributed by atoms with E-state index in [-0.39, 0.29) is 11.1 Å². The van der Waals surface area contributed by atoms with Gasteiger partial charge in [-0.1, -0.05) is 48.5 Å². The van der Waals surface area contributed by atoms with Crippen LogP contribution < -0.4 is 4.90 Å². The highest BCUT2D eigenvalue weighted by molar-refractivity contribution is 6.23. The van der Waals surface area contributed by atoms with E-state index >= 15 is 0 Å². The third-order valence-corrected chi connectivity index (χ3v) is 3.30. The minimum Gasteiger partial charge on any atom is -0.348 e. The van der Waals surface area contributed by atoms with Crippen molar-refractivity contribution < 1.29 is 18.0 Å². The van der Waals surface area contributed by atoms with Crippen LogP contribution >= 0.6 is 0 Å². The molecule has 0 atom stereocenters. The van der Waals surface area contributed by atoms with Gasteiger partial charge in [0.25, 0.3) is 5.78 Å². The quantitative estimate of drug-likeness (QED) is 0.746. The Morgan fingerprint density at radius 1 is 1.00 bits per heavy atom. The normalized spacial score (nSPS) is 12.1. The van der Waals surface area contributed by atoms with Gasteiger partial charge in [0.05, 0.1) is 5.57 Å².